The summed E-state index contributed by atoms with van der Waals surface area (Å²) in [6.45, 7) is 9.38. The van der Waals surface area contributed by atoms with Gasteiger partial charge >= 0.3 is 5.97 Å². The summed E-state index contributed by atoms with van der Waals surface area (Å²) in [5, 5.41) is -0.169. The fourth-order valence-electron chi connectivity index (χ4n) is 4.38. The van der Waals surface area contributed by atoms with E-state index in [2.05, 4.69) is 67.3 Å². The topological polar surface area (TPSA) is 26.3 Å². The maximum atomic E-state index is 13.7. The molecule has 0 aliphatic carbocycles. The molecule has 1 aromatic carbocycles. The highest BCUT2D eigenvalue weighted by Crippen LogP contribution is 2.52. The molecule has 0 bridgehead atoms. The van der Waals surface area contributed by atoms with Crippen molar-refractivity contribution in [3.8, 4) is 0 Å². The van der Waals surface area contributed by atoms with Crippen LogP contribution in [0.4, 0.5) is 0 Å². The molecule has 0 spiro atoms. The van der Waals surface area contributed by atoms with Crippen LogP contribution in [0.1, 0.15) is 104 Å². The molecule has 0 fully saturated rings. The minimum Gasteiger partial charge on any atom is -0.465 e. The Morgan fingerprint density at radius 3 is 1.86 bits per heavy atom. The Hall–Kier alpha value is -0.880. The van der Waals surface area contributed by atoms with Crippen molar-refractivity contribution >= 4 is 15.2 Å². The van der Waals surface area contributed by atoms with Gasteiger partial charge in [-0.1, -0.05) is 103 Å². The first-order valence-electron chi connectivity index (χ1n) is 12.0. The van der Waals surface area contributed by atoms with Crippen LogP contribution in [0.15, 0.2) is 30.3 Å². The van der Waals surface area contributed by atoms with Crippen LogP contribution in [0.2, 0.25) is 0 Å². The molecular weight excluding hydrogens is 375 g/mol. The molecule has 166 valence electrons. The van der Waals surface area contributed by atoms with Gasteiger partial charge in [-0.15, -0.1) is 9.24 Å². The first kappa shape index (κ1) is 26.2. The van der Waals surface area contributed by atoms with Crippen molar-refractivity contribution in [3.05, 3.63) is 35.9 Å². The van der Waals surface area contributed by atoms with Crippen molar-refractivity contribution in [1.82, 2.24) is 0 Å². The van der Waals surface area contributed by atoms with Crippen molar-refractivity contribution in [2.45, 2.75) is 110 Å². The molecule has 0 amide bonds. The minimum atomic E-state index is -0.428. The van der Waals surface area contributed by atoms with Gasteiger partial charge in [0.05, 0.1) is 12.0 Å². The standard InChI is InChI=1S/C26H45O2P/c1-5-9-18-25(19-10-6-2,24(27)28-21-12-8-4)26(29,20-11-7-3)22-23-16-14-13-15-17-23/h13-17H,5-12,18-22,29H2,1-4H3. The molecule has 0 aliphatic heterocycles. The van der Waals surface area contributed by atoms with E-state index in [0.29, 0.717) is 6.61 Å². The zero-order valence-corrected chi connectivity index (χ0v) is 20.6. The quantitative estimate of drug-likeness (QED) is 0.155. The predicted molar refractivity (Wildman–Crippen MR) is 129 cm³/mol. The summed E-state index contributed by atoms with van der Waals surface area (Å²) < 4.78 is 5.95. The Balaban J connectivity index is 3.37. The Kier molecular flexibility index (Phi) is 12.8. The van der Waals surface area contributed by atoms with Gasteiger partial charge in [0.15, 0.2) is 0 Å². The number of carbonyl (C=O) groups is 1. The molecule has 0 saturated heterocycles. The molecule has 29 heavy (non-hydrogen) atoms. The zero-order chi connectivity index (χ0) is 21.6. The summed E-state index contributed by atoms with van der Waals surface area (Å²) in [4.78, 5) is 13.7. The highest BCUT2D eigenvalue weighted by atomic mass is 31.0. The Morgan fingerprint density at radius 1 is 0.828 bits per heavy atom. The summed E-state index contributed by atoms with van der Waals surface area (Å²) in [5.41, 5.74) is 0.889. The summed E-state index contributed by atoms with van der Waals surface area (Å²) in [6, 6.07) is 10.7. The highest BCUT2D eigenvalue weighted by Gasteiger charge is 2.53. The van der Waals surface area contributed by atoms with Crippen LogP contribution in [0.25, 0.3) is 0 Å². The van der Waals surface area contributed by atoms with Gasteiger partial charge in [0.25, 0.3) is 0 Å². The maximum Gasteiger partial charge on any atom is 0.312 e. The maximum absolute atomic E-state index is 13.7. The second-order valence-electron chi connectivity index (χ2n) is 8.70. The van der Waals surface area contributed by atoms with E-state index in [1.807, 2.05) is 0 Å². The van der Waals surface area contributed by atoms with Crippen LogP contribution in [-0.2, 0) is 16.0 Å². The van der Waals surface area contributed by atoms with Gasteiger partial charge in [0, 0.05) is 5.16 Å². The minimum absolute atomic E-state index is 0.0508. The molecule has 2 nitrogen and oxygen atoms in total. The number of unbranched alkanes of at least 4 members (excludes halogenated alkanes) is 4. The number of rotatable bonds is 16. The molecular formula is C26H45O2P. The lowest BCUT2D eigenvalue weighted by atomic mass is 9.64. The summed E-state index contributed by atoms with van der Waals surface area (Å²) >= 11 is 0. The lowest BCUT2D eigenvalue weighted by Gasteiger charge is -2.48. The SMILES string of the molecule is CCCCOC(=O)C(CCCC)(CCCC)C(P)(CCCC)Cc1ccccc1. The molecule has 2 atom stereocenters. The van der Waals surface area contributed by atoms with Crippen LogP contribution in [0.3, 0.4) is 0 Å². The largest absolute Gasteiger partial charge is 0.465 e. The summed E-state index contributed by atoms with van der Waals surface area (Å²) in [5.74, 6) is 0.0508. The van der Waals surface area contributed by atoms with Gasteiger partial charge in [-0.05, 0) is 37.7 Å². The zero-order valence-electron chi connectivity index (χ0n) is 19.5. The molecule has 0 radical (unpaired) electrons. The first-order chi connectivity index (χ1) is 14.0. The van der Waals surface area contributed by atoms with Crippen LogP contribution in [0.5, 0.6) is 0 Å². The molecule has 2 unspecified atom stereocenters. The molecule has 0 heterocycles. The van der Waals surface area contributed by atoms with E-state index in [-0.39, 0.29) is 11.1 Å². The van der Waals surface area contributed by atoms with E-state index in [1.54, 1.807) is 0 Å². The van der Waals surface area contributed by atoms with E-state index in [0.717, 1.165) is 77.0 Å². The van der Waals surface area contributed by atoms with Gasteiger partial charge in [0.2, 0.25) is 0 Å². The van der Waals surface area contributed by atoms with Gasteiger partial charge in [0.1, 0.15) is 0 Å². The number of esters is 1. The molecule has 0 N–H and O–H groups in total. The predicted octanol–water partition coefficient (Wildman–Crippen LogP) is 7.74. The van der Waals surface area contributed by atoms with Gasteiger partial charge in [-0.3, -0.25) is 4.79 Å². The Bertz CT molecular complexity index is 549. The third-order valence-corrected chi connectivity index (χ3v) is 7.37. The summed E-state index contributed by atoms with van der Waals surface area (Å²) in [7, 11) is 3.19. The van der Waals surface area contributed by atoms with Gasteiger partial charge < -0.3 is 4.74 Å². The number of benzene rings is 1. The van der Waals surface area contributed by atoms with Crippen molar-refractivity contribution in [1.29, 1.82) is 0 Å². The third-order valence-electron chi connectivity index (χ3n) is 6.33. The lowest BCUT2D eigenvalue weighted by molar-refractivity contribution is -0.160. The molecule has 0 saturated carbocycles. The van der Waals surface area contributed by atoms with Crippen LogP contribution in [0, 0.1) is 5.41 Å². The summed E-state index contributed by atoms with van der Waals surface area (Å²) in [6.07, 6.45) is 12.4. The van der Waals surface area contributed by atoms with E-state index in [4.69, 9.17) is 4.74 Å². The fraction of sp³-hybridized carbons (Fsp3) is 0.731. The van der Waals surface area contributed by atoms with E-state index < -0.39 is 5.41 Å². The average molecular weight is 421 g/mol. The fourth-order valence-corrected chi connectivity index (χ4v) is 5.23. The average Bonchev–Trinajstić information content (AvgIpc) is 2.73. The smallest absolute Gasteiger partial charge is 0.312 e. The number of hydrogen-bond acceptors (Lipinski definition) is 2. The number of ether oxygens (including phenoxy) is 1. The van der Waals surface area contributed by atoms with Gasteiger partial charge in [-0.2, -0.15) is 0 Å². The normalized spacial score (nSPS) is 13.8. The number of hydrogen-bond donors (Lipinski definition) is 0. The lowest BCUT2D eigenvalue weighted by Crippen LogP contribution is -2.51. The van der Waals surface area contributed by atoms with E-state index >= 15 is 0 Å². The second kappa shape index (κ2) is 14.2. The molecule has 0 aliphatic rings. The van der Waals surface area contributed by atoms with Crippen LogP contribution >= 0.6 is 9.24 Å². The first-order valence-corrected chi connectivity index (χ1v) is 12.6. The monoisotopic (exact) mass is 420 g/mol. The molecule has 0 aromatic heterocycles. The van der Waals surface area contributed by atoms with E-state index in [9.17, 15) is 4.79 Å². The van der Waals surface area contributed by atoms with E-state index in [1.165, 1.54) is 5.56 Å². The van der Waals surface area contributed by atoms with Crippen LogP contribution < -0.4 is 0 Å². The molecule has 1 aromatic rings. The highest BCUT2D eigenvalue weighted by molar-refractivity contribution is 7.19. The van der Waals surface area contributed by atoms with Crippen molar-refractivity contribution in [3.63, 3.8) is 0 Å². The van der Waals surface area contributed by atoms with Crippen LogP contribution in [-0.4, -0.2) is 17.7 Å². The second-order valence-corrected chi connectivity index (χ2v) is 9.81. The van der Waals surface area contributed by atoms with Crippen molar-refractivity contribution in [2.75, 3.05) is 6.61 Å². The Morgan fingerprint density at radius 2 is 1.34 bits per heavy atom. The van der Waals surface area contributed by atoms with Gasteiger partial charge in [-0.25, -0.2) is 0 Å². The third kappa shape index (κ3) is 7.71. The molecule has 3 heteroatoms. The van der Waals surface area contributed by atoms with Crippen molar-refractivity contribution < 1.29 is 9.53 Å². The Labute approximate surface area is 182 Å². The van der Waals surface area contributed by atoms with Crippen molar-refractivity contribution in [2.24, 2.45) is 5.41 Å². The molecule has 1 rings (SSSR count). The number of carbonyl (C=O) groups excluding carboxylic acids is 1.